The first-order chi connectivity index (χ1) is 13.8. The third-order valence-electron chi connectivity index (χ3n) is 5.95. The Hall–Kier alpha value is -1.99. The van der Waals surface area contributed by atoms with Gasteiger partial charge in [-0.15, -0.1) is 13.2 Å². The molecule has 0 bridgehead atoms. The summed E-state index contributed by atoms with van der Waals surface area (Å²) in [7, 11) is 0. The topological polar surface area (TPSA) is 30.9 Å². The molecule has 0 atom stereocenters. The molecular formula is C22H26F3NO3. The molecular weight excluding hydrogens is 383 g/mol. The largest absolute Gasteiger partial charge is 0.573 e. The van der Waals surface area contributed by atoms with Crippen LogP contribution in [0.3, 0.4) is 0 Å². The minimum Gasteiger partial charge on any atom is -0.406 e. The predicted molar refractivity (Wildman–Crippen MR) is 104 cm³/mol. The van der Waals surface area contributed by atoms with Gasteiger partial charge in [0.05, 0.1) is 13.2 Å². The third kappa shape index (κ3) is 4.78. The zero-order valence-corrected chi connectivity index (χ0v) is 16.5. The van der Waals surface area contributed by atoms with E-state index in [0.717, 1.165) is 50.0 Å². The average molecular weight is 409 g/mol. The normalized spacial score (nSPS) is 23.0. The number of allylic oxidation sites excluding steroid dienone is 3. The van der Waals surface area contributed by atoms with Crippen LogP contribution in [0, 0.1) is 5.92 Å². The van der Waals surface area contributed by atoms with Crippen LogP contribution in [0.15, 0.2) is 47.7 Å². The molecule has 0 unspecified atom stereocenters. The van der Waals surface area contributed by atoms with Gasteiger partial charge in [0.1, 0.15) is 5.75 Å². The van der Waals surface area contributed by atoms with E-state index in [0.29, 0.717) is 19.1 Å². The number of hydrogen-bond donors (Lipinski definition) is 0. The van der Waals surface area contributed by atoms with Crippen molar-refractivity contribution in [3.63, 3.8) is 0 Å². The van der Waals surface area contributed by atoms with Gasteiger partial charge in [0.25, 0.3) is 0 Å². The highest BCUT2D eigenvalue weighted by Crippen LogP contribution is 2.42. The minimum absolute atomic E-state index is 0.205. The second kappa shape index (κ2) is 8.03. The van der Waals surface area contributed by atoms with Gasteiger partial charge in [0, 0.05) is 30.8 Å². The van der Waals surface area contributed by atoms with Gasteiger partial charge in [-0.3, -0.25) is 0 Å². The van der Waals surface area contributed by atoms with Crippen LogP contribution in [-0.2, 0) is 9.47 Å². The molecule has 4 nitrogen and oxygen atoms in total. The molecule has 4 rings (SSSR count). The van der Waals surface area contributed by atoms with Crippen LogP contribution in [0.4, 0.5) is 18.9 Å². The van der Waals surface area contributed by atoms with E-state index >= 15 is 0 Å². The fourth-order valence-electron chi connectivity index (χ4n) is 4.54. The van der Waals surface area contributed by atoms with Crippen LogP contribution in [0.1, 0.15) is 39.0 Å². The molecule has 1 aromatic rings. The first-order valence-electron chi connectivity index (χ1n) is 10.1. The molecule has 1 spiro atoms. The second-order valence-corrected chi connectivity index (χ2v) is 7.85. The molecule has 2 heterocycles. The molecule has 2 fully saturated rings. The lowest BCUT2D eigenvalue weighted by atomic mass is 9.80. The number of halogens is 3. The van der Waals surface area contributed by atoms with Gasteiger partial charge in [-0.1, -0.05) is 6.08 Å². The van der Waals surface area contributed by atoms with Crippen LogP contribution < -0.4 is 9.64 Å². The van der Waals surface area contributed by atoms with E-state index in [-0.39, 0.29) is 11.5 Å². The lowest BCUT2D eigenvalue weighted by Crippen LogP contribution is -2.35. The van der Waals surface area contributed by atoms with Crippen molar-refractivity contribution in [2.45, 2.75) is 51.2 Å². The highest BCUT2D eigenvalue weighted by molar-refractivity contribution is 5.55. The lowest BCUT2D eigenvalue weighted by Gasteiger charge is -2.36. The number of hydrogen-bond acceptors (Lipinski definition) is 4. The highest BCUT2D eigenvalue weighted by atomic mass is 19.4. The first-order valence-corrected chi connectivity index (χ1v) is 10.1. The fraction of sp³-hybridized carbons (Fsp3) is 0.545. The zero-order valence-electron chi connectivity index (χ0n) is 16.5. The zero-order chi connectivity index (χ0) is 20.5. The summed E-state index contributed by atoms with van der Waals surface area (Å²) in [5, 5.41) is 0. The van der Waals surface area contributed by atoms with Crippen molar-refractivity contribution in [3.8, 4) is 5.75 Å². The Morgan fingerprint density at radius 1 is 1.07 bits per heavy atom. The van der Waals surface area contributed by atoms with Gasteiger partial charge < -0.3 is 19.1 Å². The van der Waals surface area contributed by atoms with Crippen molar-refractivity contribution in [2.24, 2.45) is 5.92 Å². The van der Waals surface area contributed by atoms with Crippen LogP contribution in [-0.4, -0.2) is 31.9 Å². The van der Waals surface area contributed by atoms with Crippen molar-refractivity contribution < 1.29 is 27.4 Å². The fourth-order valence-corrected chi connectivity index (χ4v) is 4.54. The van der Waals surface area contributed by atoms with E-state index in [1.54, 1.807) is 12.1 Å². The number of anilines is 1. The SMILES string of the molecule is CC1=CC(C2CCC3(CC2)OCCO3)=CCCN1c1ccc(OC(F)(F)F)cc1. The smallest absolute Gasteiger partial charge is 0.406 e. The Kier molecular flexibility index (Phi) is 5.62. The quantitative estimate of drug-likeness (QED) is 0.654. The van der Waals surface area contributed by atoms with Gasteiger partial charge in [0.15, 0.2) is 5.79 Å². The summed E-state index contributed by atoms with van der Waals surface area (Å²) in [6.45, 7) is 4.21. The molecule has 29 heavy (non-hydrogen) atoms. The van der Waals surface area contributed by atoms with E-state index in [4.69, 9.17) is 9.47 Å². The molecule has 0 radical (unpaired) electrons. The molecule has 1 aromatic carbocycles. The van der Waals surface area contributed by atoms with Crippen molar-refractivity contribution in [3.05, 3.63) is 47.7 Å². The number of benzene rings is 1. The first kappa shape index (κ1) is 20.3. The Labute approximate surface area is 168 Å². The van der Waals surface area contributed by atoms with Crippen molar-refractivity contribution in [2.75, 3.05) is 24.7 Å². The van der Waals surface area contributed by atoms with Crippen LogP contribution >= 0.6 is 0 Å². The van der Waals surface area contributed by atoms with E-state index in [1.807, 2.05) is 6.92 Å². The average Bonchev–Trinajstić information content (AvgIpc) is 3.03. The molecule has 158 valence electrons. The third-order valence-corrected chi connectivity index (χ3v) is 5.95. The van der Waals surface area contributed by atoms with Gasteiger partial charge in [0.2, 0.25) is 0 Å². The van der Waals surface area contributed by atoms with Crippen molar-refractivity contribution in [1.29, 1.82) is 0 Å². The predicted octanol–water partition coefficient (Wildman–Crippen LogP) is 5.56. The Balaban J connectivity index is 1.42. The molecule has 1 saturated heterocycles. The van der Waals surface area contributed by atoms with Gasteiger partial charge in [-0.2, -0.15) is 0 Å². The molecule has 1 aliphatic carbocycles. The molecule has 1 saturated carbocycles. The number of alkyl halides is 3. The maximum absolute atomic E-state index is 12.4. The summed E-state index contributed by atoms with van der Waals surface area (Å²) in [6.07, 6.45) is 4.65. The number of ether oxygens (including phenoxy) is 3. The summed E-state index contributed by atoms with van der Waals surface area (Å²) >= 11 is 0. The Morgan fingerprint density at radius 2 is 1.72 bits per heavy atom. The summed E-state index contributed by atoms with van der Waals surface area (Å²) in [5.74, 6) is -0.0674. The summed E-state index contributed by atoms with van der Waals surface area (Å²) in [6, 6.07) is 6.06. The highest BCUT2D eigenvalue weighted by Gasteiger charge is 2.40. The summed E-state index contributed by atoms with van der Waals surface area (Å²) < 4.78 is 52.7. The number of rotatable bonds is 3. The van der Waals surface area contributed by atoms with Crippen molar-refractivity contribution in [1.82, 2.24) is 0 Å². The minimum atomic E-state index is -4.67. The molecule has 0 N–H and O–H groups in total. The summed E-state index contributed by atoms with van der Waals surface area (Å²) in [4.78, 5) is 2.13. The summed E-state index contributed by atoms with van der Waals surface area (Å²) in [5.41, 5.74) is 3.29. The van der Waals surface area contributed by atoms with E-state index in [2.05, 4.69) is 21.8 Å². The molecule has 7 heteroatoms. The van der Waals surface area contributed by atoms with E-state index < -0.39 is 6.36 Å². The monoisotopic (exact) mass is 409 g/mol. The maximum atomic E-state index is 12.4. The van der Waals surface area contributed by atoms with Crippen LogP contribution in [0.2, 0.25) is 0 Å². The standard InChI is InChI=1S/C22H26F3NO3/c1-16-15-18(17-8-10-21(11-9-17)27-13-14-28-21)3-2-12-26(16)19-4-6-20(7-5-19)29-22(23,24)25/h3-7,15,17H,2,8-14H2,1H3. The molecule has 0 amide bonds. The Bertz CT molecular complexity index is 769. The lowest BCUT2D eigenvalue weighted by molar-refractivity contribution is -0.274. The second-order valence-electron chi connectivity index (χ2n) is 7.85. The van der Waals surface area contributed by atoms with Gasteiger partial charge >= 0.3 is 6.36 Å². The van der Waals surface area contributed by atoms with E-state index in [1.165, 1.54) is 17.7 Å². The Morgan fingerprint density at radius 3 is 2.34 bits per heavy atom. The van der Waals surface area contributed by atoms with Gasteiger partial charge in [-0.25, -0.2) is 0 Å². The molecule has 3 aliphatic rings. The van der Waals surface area contributed by atoms with Gasteiger partial charge in [-0.05, 0) is 68.0 Å². The van der Waals surface area contributed by atoms with Crippen LogP contribution in [0.25, 0.3) is 0 Å². The van der Waals surface area contributed by atoms with Crippen LogP contribution in [0.5, 0.6) is 5.75 Å². The van der Waals surface area contributed by atoms with E-state index in [9.17, 15) is 13.2 Å². The van der Waals surface area contributed by atoms with Crippen molar-refractivity contribution >= 4 is 5.69 Å². The number of nitrogens with zero attached hydrogens (tertiary/aromatic N) is 1. The maximum Gasteiger partial charge on any atom is 0.573 e. The molecule has 2 aliphatic heterocycles. The molecule has 0 aromatic heterocycles.